The Bertz CT molecular complexity index is 143. The molecule has 0 aromatic carbocycles. The van der Waals surface area contributed by atoms with Crippen molar-refractivity contribution in [1.82, 2.24) is 0 Å². The van der Waals surface area contributed by atoms with Crippen molar-refractivity contribution in [3.05, 3.63) is 0 Å². The van der Waals surface area contributed by atoms with Gasteiger partial charge in [-0.1, -0.05) is 0 Å². The molecule has 0 spiro atoms. The van der Waals surface area contributed by atoms with Crippen molar-refractivity contribution < 1.29 is 52.2 Å². The van der Waals surface area contributed by atoms with Gasteiger partial charge in [-0.15, -0.1) is 0 Å². The summed E-state index contributed by atoms with van der Waals surface area (Å²) in [5.41, 5.74) is 0. The smallest absolute Gasteiger partial charge is 0.0905 e. The lowest BCUT2D eigenvalue weighted by Crippen LogP contribution is -2.42. The predicted octanol–water partition coefficient (Wildman–Crippen LogP) is -6.53. The lowest BCUT2D eigenvalue weighted by Gasteiger charge is -2.00. The van der Waals surface area contributed by atoms with E-state index >= 15 is 0 Å². The second-order valence-electron chi connectivity index (χ2n) is 1.99. The fraction of sp³-hybridized carbons (Fsp3) is 0.667. The zero-order valence-electron chi connectivity index (χ0n) is 8.99. The first-order chi connectivity index (χ1) is 7.29. The first-order valence-electron chi connectivity index (χ1n) is 3.70. The molecule has 0 saturated heterocycles. The summed E-state index contributed by atoms with van der Waals surface area (Å²) in [4.78, 5) is 18.7. The quantitative estimate of drug-likeness (QED) is 0.256. The number of hydrogen-bond acceptors (Lipinski definition) is 8. The number of carbonyl (C=O) groups excluding carboxylic acids is 2. The Morgan fingerprint density at radius 1 is 0.875 bits per heavy atom. The van der Waals surface area contributed by atoms with Crippen molar-refractivity contribution in [2.24, 2.45) is 0 Å². The van der Waals surface area contributed by atoms with Gasteiger partial charge in [-0.2, -0.15) is 0 Å². The van der Waals surface area contributed by atoms with Crippen molar-refractivity contribution in [1.29, 1.82) is 0 Å². The van der Waals surface area contributed by atoms with Crippen LogP contribution in [0.2, 0.25) is 0 Å². The molecule has 0 bridgehead atoms. The summed E-state index contributed by atoms with van der Waals surface area (Å²) >= 11 is 0. The molecule has 0 aliphatic rings. The minimum absolute atomic E-state index is 1.13. The van der Waals surface area contributed by atoms with E-state index in [2.05, 4.69) is 11.8 Å². The second-order valence-corrected chi connectivity index (χ2v) is 1.99. The van der Waals surface area contributed by atoms with Crippen molar-refractivity contribution in [3.63, 3.8) is 0 Å². The second kappa shape index (κ2) is 19.3. The molecule has 0 heterocycles. The maximum atomic E-state index is 9.34. The van der Waals surface area contributed by atoms with E-state index in [0.29, 0.717) is 0 Å². The van der Waals surface area contributed by atoms with E-state index in [4.69, 9.17) is 20.6 Å². The zero-order chi connectivity index (χ0) is 14.3. The number of carboxylic acids is 2. The molecule has 0 aliphatic heterocycles. The van der Waals surface area contributed by atoms with Crippen molar-refractivity contribution >= 4 is 11.9 Å². The van der Waals surface area contributed by atoms with Crippen molar-refractivity contribution in [3.8, 4) is 0 Å². The molecule has 0 amide bonds. The van der Waals surface area contributed by atoms with E-state index in [-0.39, 0.29) is 0 Å². The number of aliphatic carboxylic acids is 2. The molecule has 0 rings (SSSR count). The molecule has 10 nitrogen and oxygen atoms in total. The van der Waals surface area contributed by atoms with Crippen LogP contribution in [0.3, 0.4) is 0 Å². The monoisotopic (exact) mass is 246 g/mol. The fourth-order valence-electron chi connectivity index (χ4n) is 0. The minimum atomic E-state index is -1.44. The Hall–Kier alpha value is -1.30. The van der Waals surface area contributed by atoms with E-state index in [1.165, 1.54) is 0 Å². The summed E-state index contributed by atoms with van der Waals surface area (Å²) in [6.45, 7) is 2.27. The highest BCUT2D eigenvalue weighted by Crippen LogP contribution is 1.69. The Balaban J connectivity index is -0.0000000686. The van der Waals surface area contributed by atoms with Gasteiger partial charge in [0.2, 0.25) is 0 Å². The molecule has 100 valence electrons. The molecule has 0 fully saturated rings. The summed E-state index contributed by atoms with van der Waals surface area (Å²) in [7, 11) is 0. The molecule has 0 aromatic heterocycles. The standard InChI is InChI=1S/2C3H6O3.2H4NO/c2*1-2(4)3(5)6;2*1-2/h2*2,4H,1H3,(H,5,6);2*2H,1H3/q;;2*+1/p-2. The third-order valence-electron chi connectivity index (χ3n) is 0.682. The molecule has 2 atom stereocenters. The van der Waals surface area contributed by atoms with Gasteiger partial charge in [0.15, 0.2) is 0 Å². The first kappa shape index (κ1) is 24.1. The van der Waals surface area contributed by atoms with Crippen molar-refractivity contribution in [2.45, 2.75) is 26.1 Å². The van der Waals surface area contributed by atoms with Crippen LogP contribution in [0.1, 0.15) is 13.8 Å². The van der Waals surface area contributed by atoms with Crippen LogP contribution in [-0.4, -0.2) is 44.8 Å². The van der Waals surface area contributed by atoms with Gasteiger partial charge in [-0.25, -0.2) is 22.2 Å². The Morgan fingerprint density at radius 3 is 0.938 bits per heavy atom. The lowest BCUT2D eigenvalue weighted by molar-refractivity contribution is -0.670. The average molecular weight is 246 g/mol. The first-order valence-corrected chi connectivity index (χ1v) is 3.70. The third-order valence-corrected chi connectivity index (χ3v) is 0.682. The molecular weight excluding hydrogens is 228 g/mol. The van der Waals surface area contributed by atoms with E-state index in [0.717, 1.165) is 13.8 Å². The van der Waals surface area contributed by atoms with E-state index < -0.39 is 24.1 Å². The molecule has 10 heteroatoms. The highest BCUT2D eigenvalue weighted by molar-refractivity contribution is 5.69. The van der Waals surface area contributed by atoms with Crippen LogP contribution in [-0.2, 0) is 9.59 Å². The SMILES string of the molecule is CC(O)C(=O)[O-].CC(O)C(=O)[O-].[NH3+]O.[NH3+]O. The molecule has 0 aliphatic carbocycles. The number of hydrogen-bond donors (Lipinski definition) is 6. The van der Waals surface area contributed by atoms with Gasteiger partial charge < -0.3 is 30.0 Å². The van der Waals surface area contributed by atoms with Crippen LogP contribution in [0.4, 0.5) is 0 Å². The number of carbonyl (C=O) groups is 2. The van der Waals surface area contributed by atoms with Gasteiger partial charge in [0.25, 0.3) is 0 Å². The topological polar surface area (TPSA) is 216 Å². The van der Waals surface area contributed by atoms with Crippen LogP contribution in [0.15, 0.2) is 0 Å². The van der Waals surface area contributed by atoms with Crippen LogP contribution < -0.4 is 22.0 Å². The maximum absolute atomic E-state index is 9.34. The zero-order valence-corrected chi connectivity index (χ0v) is 8.99. The third kappa shape index (κ3) is 38.7. The number of rotatable bonds is 2. The molecule has 16 heavy (non-hydrogen) atoms. The number of carboxylic acid groups (broad SMARTS) is 2. The molecule has 0 saturated carbocycles. The fourth-order valence-corrected chi connectivity index (χ4v) is 0. The molecule has 0 aromatic rings. The van der Waals surface area contributed by atoms with Crippen LogP contribution in [0, 0.1) is 0 Å². The highest BCUT2D eigenvalue weighted by atomic mass is 16.4. The summed E-state index contributed by atoms with van der Waals surface area (Å²) < 4.78 is 0. The number of quaternary nitrogens is 2. The van der Waals surface area contributed by atoms with E-state index in [1.807, 2.05) is 0 Å². The Kier molecular flexibility index (Phi) is 29.1. The highest BCUT2D eigenvalue weighted by Gasteiger charge is 1.89. The van der Waals surface area contributed by atoms with Gasteiger partial charge in [-0.05, 0) is 13.8 Å². The van der Waals surface area contributed by atoms with Gasteiger partial charge in [-0.3, -0.25) is 0 Å². The van der Waals surface area contributed by atoms with Gasteiger partial charge >= 0.3 is 0 Å². The van der Waals surface area contributed by atoms with Gasteiger partial charge in [0, 0.05) is 0 Å². The minimum Gasteiger partial charge on any atom is -0.547 e. The predicted molar refractivity (Wildman–Crippen MR) is 42.7 cm³/mol. The summed E-state index contributed by atoms with van der Waals surface area (Å²) in [5, 5.41) is 48.1. The van der Waals surface area contributed by atoms with E-state index in [1.54, 1.807) is 0 Å². The van der Waals surface area contributed by atoms with Crippen molar-refractivity contribution in [2.75, 3.05) is 0 Å². The average Bonchev–Trinajstić information content (AvgIpc) is 2.24. The summed E-state index contributed by atoms with van der Waals surface area (Å²) in [6.07, 6.45) is -2.69. The lowest BCUT2D eigenvalue weighted by atomic mass is 10.4. The maximum Gasteiger partial charge on any atom is 0.0905 e. The normalized spacial score (nSPS) is 11.0. The van der Waals surface area contributed by atoms with Gasteiger partial charge in [0.1, 0.15) is 0 Å². The van der Waals surface area contributed by atoms with Crippen LogP contribution >= 0.6 is 0 Å². The van der Waals surface area contributed by atoms with Gasteiger partial charge in [0.05, 0.1) is 24.1 Å². The number of aliphatic hydroxyl groups is 2. The van der Waals surface area contributed by atoms with E-state index in [9.17, 15) is 19.8 Å². The number of aliphatic hydroxyl groups excluding tert-OH is 2. The summed E-state index contributed by atoms with van der Waals surface area (Å²) in [6, 6.07) is 0. The Morgan fingerprint density at radius 2 is 0.938 bits per heavy atom. The van der Waals surface area contributed by atoms with Crippen LogP contribution in [0.5, 0.6) is 0 Å². The molecule has 0 radical (unpaired) electrons. The summed E-state index contributed by atoms with van der Waals surface area (Å²) in [5.74, 6) is 1.63. The Labute approximate surface area is 91.3 Å². The molecule has 10 N–H and O–H groups in total. The molecule has 2 unspecified atom stereocenters. The van der Waals surface area contributed by atoms with Crippen LogP contribution in [0.25, 0.3) is 0 Å². The largest absolute Gasteiger partial charge is 0.547 e. The molecular formula is C6H18N2O8.